The molecule has 0 amide bonds. The summed E-state index contributed by atoms with van der Waals surface area (Å²) in [5.41, 5.74) is 1.74. The summed E-state index contributed by atoms with van der Waals surface area (Å²) < 4.78 is 1.99. The average Bonchev–Trinajstić information content (AvgIpc) is 3.18. The lowest BCUT2D eigenvalue weighted by molar-refractivity contribution is 0.453. The van der Waals surface area contributed by atoms with Gasteiger partial charge in [0.2, 0.25) is 0 Å². The van der Waals surface area contributed by atoms with Crippen LogP contribution < -0.4 is 4.90 Å². The second kappa shape index (κ2) is 7.14. The molecule has 130 valence electrons. The molecule has 0 spiro atoms. The zero-order valence-electron chi connectivity index (χ0n) is 13.5. The Morgan fingerprint density at radius 3 is 2.92 bits per heavy atom. The number of hydrogen-bond donors (Lipinski definition) is 0. The lowest BCUT2D eigenvalue weighted by atomic mass is 10.00. The van der Waals surface area contributed by atoms with Gasteiger partial charge < -0.3 is 9.47 Å². The maximum Gasteiger partial charge on any atom is 0.131 e. The van der Waals surface area contributed by atoms with Crippen LogP contribution in [-0.4, -0.2) is 33.0 Å². The molecule has 1 atom stereocenters. The topological polar surface area (TPSA) is 34.0 Å². The lowest BCUT2D eigenvalue weighted by Gasteiger charge is -2.33. The monoisotopic (exact) mass is 438 g/mol. The Labute approximate surface area is 164 Å². The number of benzene rings is 1. The van der Waals surface area contributed by atoms with Crippen molar-refractivity contribution in [2.75, 3.05) is 23.3 Å². The minimum Gasteiger partial charge on any atom is -0.356 e. The van der Waals surface area contributed by atoms with Crippen LogP contribution in [0.1, 0.15) is 12.8 Å². The maximum atomic E-state index is 6.48. The minimum atomic E-state index is 0.497. The Balaban J connectivity index is 1.89. The largest absolute Gasteiger partial charge is 0.356 e. The van der Waals surface area contributed by atoms with Crippen LogP contribution >= 0.6 is 39.1 Å². The van der Waals surface area contributed by atoms with Crippen LogP contribution in [0.5, 0.6) is 0 Å². The lowest BCUT2D eigenvalue weighted by Crippen LogP contribution is -2.36. The highest BCUT2D eigenvalue weighted by Crippen LogP contribution is 2.35. The van der Waals surface area contributed by atoms with Crippen LogP contribution in [0.15, 0.2) is 36.9 Å². The van der Waals surface area contributed by atoms with Crippen LogP contribution in [-0.2, 0) is 0 Å². The first-order chi connectivity index (χ1) is 12.2. The van der Waals surface area contributed by atoms with Crippen LogP contribution in [0.4, 0.5) is 5.82 Å². The highest BCUT2D eigenvalue weighted by molar-refractivity contribution is 9.09. The van der Waals surface area contributed by atoms with Crippen molar-refractivity contribution in [1.29, 1.82) is 0 Å². The molecule has 1 unspecified atom stereocenters. The molecule has 2 aromatic heterocycles. The molecule has 4 rings (SSSR count). The number of piperidine rings is 1. The fraction of sp³-hybridized carbons (Fsp3) is 0.333. The fourth-order valence-electron chi connectivity index (χ4n) is 3.38. The van der Waals surface area contributed by atoms with Gasteiger partial charge in [0.1, 0.15) is 5.82 Å². The Bertz CT molecular complexity index is 898. The zero-order chi connectivity index (χ0) is 17.4. The Morgan fingerprint density at radius 1 is 1.28 bits per heavy atom. The molecule has 1 aromatic carbocycles. The first-order valence-corrected chi connectivity index (χ1v) is 10.1. The molecule has 0 N–H and O–H groups in total. The van der Waals surface area contributed by atoms with Gasteiger partial charge in [-0.2, -0.15) is 0 Å². The van der Waals surface area contributed by atoms with Gasteiger partial charge in [-0.3, -0.25) is 0 Å². The first kappa shape index (κ1) is 17.1. The number of alkyl halides is 1. The number of anilines is 1. The number of fused-ring (bicyclic) bond motifs is 1. The van der Waals surface area contributed by atoms with E-state index in [4.69, 9.17) is 28.2 Å². The minimum absolute atomic E-state index is 0.497. The summed E-state index contributed by atoms with van der Waals surface area (Å²) in [6.45, 7) is 1.99. The van der Waals surface area contributed by atoms with E-state index in [1.54, 1.807) is 12.5 Å². The van der Waals surface area contributed by atoms with Crippen LogP contribution in [0, 0.1) is 5.92 Å². The van der Waals surface area contributed by atoms with Gasteiger partial charge in [-0.05, 0) is 30.9 Å². The normalized spacial score (nSPS) is 18.0. The third-order valence-corrected chi connectivity index (χ3v) is 6.39. The van der Waals surface area contributed by atoms with Gasteiger partial charge in [0.25, 0.3) is 0 Å². The predicted molar refractivity (Wildman–Crippen MR) is 108 cm³/mol. The summed E-state index contributed by atoms with van der Waals surface area (Å²) in [7, 11) is 0. The molecule has 0 saturated carbocycles. The number of nitrogens with zero attached hydrogens (tertiary/aromatic N) is 4. The molecule has 7 heteroatoms. The second-order valence-electron chi connectivity index (χ2n) is 6.34. The zero-order valence-corrected chi connectivity index (χ0v) is 16.6. The predicted octanol–water partition coefficient (Wildman–Crippen LogP) is 5.34. The van der Waals surface area contributed by atoms with Gasteiger partial charge in [-0.25, -0.2) is 9.97 Å². The van der Waals surface area contributed by atoms with Crippen LogP contribution in [0.25, 0.3) is 16.6 Å². The van der Waals surface area contributed by atoms with E-state index in [0.717, 1.165) is 40.8 Å². The number of imidazole rings is 1. The van der Waals surface area contributed by atoms with Crippen molar-refractivity contribution in [2.45, 2.75) is 12.8 Å². The van der Waals surface area contributed by atoms with Crippen LogP contribution in [0.3, 0.4) is 0 Å². The van der Waals surface area contributed by atoms with E-state index in [0.29, 0.717) is 16.0 Å². The van der Waals surface area contributed by atoms with E-state index in [2.05, 4.69) is 31.9 Å². The van der Waals surface area contributed by atoms with Crippen molar-refractivity contribution in [1.82, 2.24) is 14.5 Å². The third-order valence-electron chi connectivity index (χ3n) is 4.68. The summed E-state index contributed by atoms with van der Waals surface area (Å²) in [5.74, 6) is 1.57. The van der Waals surface area contributed by atoms with Gasteiger partial charge in [0, 0.05) is 42.3 Å². The van der Waals surface area contributed by atoms with E-state index < -0.39 is 0 Å². The Morgan fingerprint density at radius 2 is 2.16 bits per heavy atom. The molecular weight excluding hydrogens is 423 g/mol. The highest BCUT2D eigenvalue weighted by Gasteiger charge is 2.22. The number of rotatable bonds is 3. The second-order valence-corrected chi connectivity index (χ2v) is 7.77. The van der Waals surface area contributed by atoms with Crippen molar-refractivity contribution in [3.63, 3.8) is 0 Å². The molecule has 4 nitrogen and oxygen atoms in total. The fourth-order valence-corrected chi connectivity index (χ4v) is 4.27. The molecular formula is C18H17BrCl2N4. The smallest absolute Gasteiger partial charge is 0.131 e. The molecule has 0 radical (unpaired) electrons. The van der Waals surface area contributed by atoms with E-state index in [1.165, 1.54) is 12.8 Å². The molecule has 3 aromatic rings. The van der Waals surface area contributed by atoms with Gasteiger partial charge in [-0.1, -0.05) is 39.1 Å². The molecule has 1 aliphatic rings. The average molecular weight is 440 g/mol. The van der Waals surface area contributed by atoms with Crippen molar-refractivity contribution in [3.05, 3.63) is 47.0 Å². The first-order valence-electron chi connectivity index (χ1n) is 8.25. The van der Waals surface area contributed by atoms with Gasteiger partial charge in [-0.15, -0.1) is 0 Å². The standard InChI is InChI=1S/C18H17BrCl2N4/c19-9-12-2-1-6-24(10-12)16-8-15(25-7-5-22-11-25)13-3-4-14(20)17(21)18(13)23-16/h3-5,7-8,11-12H,1-2,6,9-10H2. The highest BCUT2D eigenvalue weighted by atomic mass is 79.9. The van der Waals surface area contributed by atoms with Crippen molar-refractivity contribution in [2.24, 2.45) is 5.92 Å². The molecule has 0 aliphatic carbocycles. The van der Waals surface area contributed by atoms with Crippen molar-refractivity contribution >= 4 is 55.9 Å². The van der Waals surface area contributed by atoms with Crippen LogP contribution in [0.2, 0.25) is 10.0 Å². The quantitative estimate of drug-likeness (QED) is 0.516. The maximum absolute atomic E-state index is 6.48. The van der Waals surface area contributed by atoms with Gasteiger partial charge in [0.05, 0.1) is 27.6 Å². The number of hydrogen-bond acceptors (Lipinski definition) is 3. The van der Waals surface area contributed by atoms with Gasteiger partial charge in [0.15, 0.2) is 0 Å². The summed E-state index contributed by atoms with van der Waals surface area (Å²) >= 11 is 16.3. The van der Waals surface area contributed by atoms with E-state index >= 15 is 0 Å². The third kappa shape index (κ3) is 3.25. The molecule has 1 aliphatic heterocycles. The summed E-state index contributed by atoms with van der Waals surface area (Å²) in [5, 5.41) is 2.99. The molecule has 25 heavy (non-hydrogen) atoms. The number of halogens is 3. The van der Waals surface area contributed by atoms with E-state index in [-0.39, 0.29) is 0 Å². The number of aromatic nitrogens is 3. The van der Waals surface area contributed by atoms with E-state index in [9.17, 15) is 0 Å². The Hall–Kier alpha value is -1.30. The van der Waals surface area contributed by atoms with E-state index in [1.807, 2.05) is 22.9 Å². The van der Waals surface area contributed by atoms with Crippen molar-refractivity contribution in [3.8, 4) is 5.69 Å². The number of pyridine rings is 1. The Kier molecular flexibility index (Phi) is 4.89. The SMILES string of the molecule is Clc1ccc2c(-n3ccnc3)cc(N3CCCC(CBr)C3)nc2c1Cl. The summed E-state index contributed by atoms with van der Waals surface area (Å²) in [6, 6.07) is 5.90. The van der Waals surface area contributed by atoms with Crippen molar-refractivity contribution < 1.29 is 0 Å². The summed E-state index contributed by atoms with van der Waals surface area (Å²) in [4.78, 5) is 11.4. The molecule has 3 heterocycles. The molecule has 1 saturated heterocycles. The molecule has 0 bridgehead atoms. The van der Waals surface area contributed by atoms with Gasteiger partial charge >= 0.3 is 0 Å². The summed E-state index contributed by atoms with van der Waals surface area (Å²) in [6.07, 6.45) is 7.90. The molecule has 1 fully saturated rings.